The molecular weight excluding hydrogens is 372 g/mol. The number of rotatable bonds is 4. The second kappa shape index (κ2) is 7.16. The minimum Gasteiger partial charge on any atom is -0.323 e. The molecular formula is C21H20N4O2S. The van der Waals surface area contributed by atoms with Crippen molar-refractivity contribution in [1.82, 2.24) is 9.78 Å². The molecule has 0 spiro atoms. The number of aromatic nitrogens is 2. The smallest absolute Gasteiger partial charge is 0.251 e. The van der Waals surface area contributed by atoms with Crippen molar-refractivity contribution < 1.29 is 9.59 Å². The fourth-order valence-corrected chi connectivity index (χ4v) is 4.05. The fourth-order valence-electron chi connectivity index (χ4n) is 2.95. The first-order valence-electron chi connectivity index (χ1n) is 8.94. The Morgan fingerprint density at radius 1 is 1.18 bits per heavy atom. The van der Waals surface area contributed by atoms with Gasteiger partial charge in [0, 0.05) is 17.2 Å². The van der Waals surface area contributed by atoms with Crippen LogP contribution in [0.25, 0.3) is 0 Å². The number of benzene rings is 2. The number of hydrogen-bond acceptors (Lipinski definition) is 4. The van der Waals surface area contributed by atoms with Crippen LogP contribution >= 0.6 is 11.8 Å². The fraction of sp³-hybridized carbons (Fsp3) is 0.190. The van der Waals surface area contributed by atoms with Gasteiger partial charge in [-0.3, -0.25) is 14.3 Å². The lowest BCUT2D eigenvalue weighted by molar-refractivity contribution is -0.126. The molecule has 28 heavy (non-hydrogen) atoms. The molecule has 1 unspecified atom stereocenters. The van der Waals surface area contributed by atoms with E-state index in [2.05, 4.69) is 40.0 Å². The molecule has 2 N–H and O–H groups in total. The van der Waals surface area contributed by atoms with Gasteiger partial charge in [-0.05, 0) is 31.5 Å². The molecule has 3 aromatic rings. The maximum Gasteiger partial charge on any atom is 0.251 e. The maximum absolute atomic E-state index is 12.9. The van der Waals surface area contributed by atoms with E-state index in [0.29, 0.717) is 12.4 Å². The maximum atomic E-state index is 12.9. The average Bonchev–Trinajstić information content (AvgIpc) is 3.11. The van der Waals surface area contributed by atoms with E-state index >= 15 is 0 Å². The number of carbonyl (C=O) groups excluding carboxylic acids is 2. The first kappa shape index (κ1) is 18.3. The van der Waals surface area contributed by atoms with E-state index in [4.69, 9.17) is 0 Å². The zero-order valence-corrected chi connectivity index (χ0v) is 16.4. The molecule has 2 heterocycles. The van der Waals surface area contributed by atoms with Crippen LogP contribution in [0.3, 0.4) is 0 Å². The highest BCUT2D eigenvalue weighted by Crippen LogP contribution is 2.42. The summed E-state index contributed by atoms with van der Waals surface area (Å²) in [6.45, 7) is 4.28. The summed E-state index contributed by atoms with van der Waals surface area (Å²) in [6, 6.07) is 17.4. The number of thioether (sulfide) groups is 1. The van der Waals surface area contributed by atoms with Gasteiger partial charge in [-0.15, -0.1) is 0 Å². The van der Waals surface area contributed by atoms with Gasteiger partial charge < -0.3 is 10.6 Å². The van der Waals surface area contributed by atoms with Gasteiger partial charge in [0.2, 0.25) is 5.91 Å². The Bertz CT molecular complexity index is 1040. The summed E-state index contributed by atoms with van der Waals surface area (Å²) < 4.78 is 0.487. The molecule has 1 aliphatic heterocycles. The standard InChI is InChI=1S/C21H20N4O2S/c1-14-7-9-15(10-8-14)13-25-12-11-18(24-25)23-20(27)21(2)19(26)22-16-5-3-4-6-17(16)28-21/h3-12H,13H2,1-2H3,(H,22,26)(H,23,24,27). The molecule has 2 amide bonds. The van der Waals surface area contributed by atoms with Gasteiger partial charge in [0.1, 0.15) is 0 Å². The largest absolute Gasteiger partial charge is 0.323 e. The van der Waals surface area contributed by atoms with Crippen molar-refractivity contribution in [1.29, 1.82) is 0 Å². The summed E-state index contributed by atoms with van der Waals surface area (Å²) in [7, 11) is 0. The molecule has 0 aliphatic carbocycles. The minimum atomic E-state index is -1.27. The Morgan fingerprint density at radius 2 is 1.93 bits per heavy atom. The minimum absolute atomic E-state index is 0.340. The molecule has 1 aromatic heterocycles. The number of para-hydroxylation sites is 1. The van der Waals surface area contributed by atoms with Crippen LogP contribution in [-0.2, 0) is 16.1 Å². The zero-order chi connectivity index (χ0) is 19.7. The van der Waals surface area contributed by atoms with Gasteiger partial charge in [0.05, 0.1) is 12.2 Å². The van der Waals surface area contributed by atoms with Crippen LogP contribution in [0.15, 0.2) is 65.7 Å². The second-order valence-corrected chi connectivity index (χ2v) is 8.38. The molecule has 142 valence electrons. The number of hydrogen-bond donors (Lipinski definition) is 2. The van der Waals surface area contributed by atoms with E-state index in [1.807, 2.05) is 31.2 Å². The van der Waals surface area contributed by atoms with Crippen LogP contribution < -0.4 is 10.6 Å². The van der Waals surface area contributed by atoms with E-state index in [9.17, 15) is 9.59 Å². The lowest BCUT2D eigenvalue weighted by atomic mass is 10.1. The molecule has 0 bridgehead atoms. The normalized spacial score (nSPS) is 18.3. The Kier molecular flexibility index (Phi) is 4.68. The van der Waals surface area contributed by atoms with E-state index in [0.717, 1.165) is 16.1 Å². The Morgan fingerprint density at radius 3 is 2.71 bits per heavy atom. The molecule has 1 atom stereocenters. The summed E-state index contributed by atoms with van der Waals surface area (Å²) >= 11 is 1.25. The molecule has 2 aromatic carbocycles. The lowest BCUT2D eigenvalue weighted by Crippen LogP contribution is -2.49. The quantitative estimate of drug-likeness (QED) is 0.664. The van der Waals surface area contributed by atoms with Crippen LogP contribution in [0.5, 0.6) is 0 Å². The molecule has 7 heteroatoms. The van der Waals surface area contributed by atoms with Crippen molar-refractivity contribution in [3.05, 3.63) is 71.9 Å². The molecule has 6 nitrogen and oxygen atoms in total. The van der Waals surface area contributed by atoms with Crippen LogP contribution in [0, 0.1) is 6.92 Å². The summed E-state index contributed by atoms with van der Waals surface area (Å²) in [5.74, 6) is -0.316. The lowest BCUT2D eigenvalue weighted by Gasteiger charge is -2.31. The molecule has 0 fully saturated rings. The van der Waals surface area contributed by atoms with Gasteiger partial charge in [0.25, 0.3) is 5.91 Å². The van der Waals surface area contributed by atoms with Gasteiger partial charge >= 0.3 is 0 Å². The molecule has 0 saturated heterocycles. The highest BCUT2D eigenvalue weighted by Gasteiger charge is 2.46. The van der Waals surface area contributed by atoms with Crippen LogP contribution in [0.4, 0.5) is 11.5 Å². The number of amides is 2. The van der Waals surface area contributed by atoms with E-state index in [-0.39, 0.29) is 5.91 Å². The number of nitrogens with zero attached hydrogens (tertiary/aromatic N) is 2. The number of aryl methyl sites for hydroxylation is 1. The summed E-state index contributed by atoms with van der Waals surface area (Å²) in [6.07, 6.45) is 1.81. The number of nitrogens with one attached hydrogen (secondary N) is 2. The molecule has 0 saturated carbocycles. The first-order chi connectivity index (χ1) is 13.4. The van der Waals surface area contributed by atoms with Crippen LogP contribution in [0.2, 0.25) is 0 Å². The van der Waals surface area contributed by atoms with Crippen molar-refractivity contribution in [2.24, 2.45) is 0 Å². The Hall–Kier alpha value is -3.06. The summed E-state index contributed by atoms with van der Waals surface area (Å²) in [4.78, 5) is 26.3. The van der Waals surface area contributed by atoms with Crippen molar-refractivity contribution in [2.45, 2.75) is 30.0 Å². The van der Waals surface area contributed by atoms with E-state index < -0.39 is 10.7 Å². The number of carbonyl (C=O) groups is 2. The molecule has 1 aliphatic rings. The average molecular weight is 392 g/mol. The highest BCUT2D eigenvalue weighted by atomic mass is 32.2. The number of anilines is 2. The molecule has 0 radical (unpaired) electrons. The predicted octanol–water partition coefficient (Wildman–Crippen LogP) is 3.68. The monoisotopic (exact) mass is 392 g/mol. The SMILES string of the molecule is Cc1ccc(Cn2ccc(NC(=O)C3(C)Sc4ccccc4NC3=O)n2)cc1. The van der Waals surface area contributed by atoms with Gasteiger partial charge in [-0.1, -0.05) is 53.7 Å². The van der Waals surface area contributed by atoms with Gasteiger partial charge in [0.15, 0.2) is 10.6 Å². The third kappa shape index (κ3) is 3.53. The predicted molar refractivity (Wildman–Crippen MR) is 110 cm³/mol. The molecule has 4 rings (SSSR count). The first-order valence-corrected chi connectivity index (χ1v) is 9.76. The second-order valence-electron chi connectivity index (χ2n) is 6.92. The van der Waals surface area contributed by atoms with Crippen molar-refractivity contribution in [3.8, 4) is 0 Å². The van der Waals surface area contributed by atoms with Gasteiger partial charge in [-0.25, -0.2) is 0 Å². The van der Waals surface area contributed by atoms with Crippen molar-refractivity contribution in [3.63, 3.8) is 0 Å². The Labute approximate surface area is 167 Å². The highest BCUT2D eigenvalue weighted by molar-refractivity contribution is 8.02. The topological polar surface area (TPSA) is 76.0 Å². The van der Waals surface area contributed by atoms with Crippen molar-refractivity contribution >= 4 is 35.1 Å². The summed E-state index contributed by atoms with van der Waals surface area (Å²) in [5.41, 5.74) is 3.05. The number of fused-ring (bicyclic) bond motifs is 1. The van der Waals surface area contributed by atoms with Crippen LogP contribution in [-0.4, -0.2) is 26.3 Å². The zero-order valence-electron chi connectivity index (χ0n) is 15.6. The van der Waals surface area contributed by atoms with E-state index in [1.165, 1.54) is 17.3 Å². The van der Waals surface area contributed by atoms with Crippen LogP contribution in [0.1, 0.15) is 18.1 Å². The van der Waals surface area contributed by atoms with Gasteiger partial charge in [-0.2, -0.15) is 5.10 Å². The Balaban J connectivity index is 1.47. The summed E-state index contributed by atoms with van der Waals surface area (Å²) in [5, 5.41) is 10.00. The van der Waals surface area contributed by atoms with Crippen molar-refractivity contribution in [2.75, 3.05) is 10.6 Å². The third-order valence-electron chi connectivity index (χ3n) is 4.66. The third-order valence-corrected chi connectivity index (χ3v) is 6.02. The van der Waals surface area contributed by atoms with E-state index in [1.54, 1.807) is 23.9 Å².